The lowest BCUT2D eigenvalue weighted by Gasteiger charge is -2.04. The van der Waals surface area contributed by atoms with Gasteiger partial charge in [-0.2, -0.15) is 0 Å². The molecular weight excluding hydrogens is 228 g/mol. The van der Waals surface area contributed by atoms with E-state index in [4.69, 9.17) is 4.42 Å². The molecule has 1 amide bonds. The smallest absolute Gasteiger partial charge is 0.253 e. The molecule has 0 atom stereocenters. The summed E-state index contributed by atoms with van der Waals surface area (Å²) in [5, 5.41) is 3.90. The molecule has 4 heteroatoms. The molecule has 90 valence electrons. The SMILES string of the molecule is O=C(NCc1ccoc1)c1cccc2cc[nH]c12. The third-order valence-corrected chi connectivity index (χ3v) is 2.87. The Kier molecular flexibility index (Phi) is 2.61. The van der Waals surface area contributed by atoms with Crippen LogP contribution in [0.4, 0.5) is 0 Å². The van der Waals surface area contributed by atoms with Crippen LogP contribution in [-0.4, -0.2) is 10.9 Å². The van der Waals surface area contributed by atoms with Gasteiger partial charge in [-0.25, -0.2) is 0 Å². The second-order valence-corrected chi connectivity index (χ2v) is 4.06. The van der Waals surface area contributed by atoms with E-state index in [1.807, 2.05) is 36.5 Å². The molecule has 2 aromatic heterocycles. The predicted molar refractivity (Wildman–Crippen MR) is 68.2 cm³/mol. The minimum absolute atomic E-state index is 0.0933. The molecule has 0 saturated carbocycles. The molecule has 0 aliphatic heterocycles. The molecule has 0 bridgehead atoms. The van der Waals surface area contributed by atoms with Crippen LogP contribution in [0.2, 0.25) is 0 Å². The van der Waals surface area contributed by atoms with Gasteiger partial charge in [0.25, 0.3) is 5.91 Å². The first-order valence-corrected chi connectivity index (χ1v) is 5.70. The van der Waals surface area contributed by atoms with Crippen LogP contribution in [0.15, 0.2) is 53.5 Å². The highest BCUT2D eigenvalue weighted by Gasteiger charge is 2.10. The normalized spacial score (nSPS) is 10.7. The number of rotatable bonds is 3. The van der Waals surface area contributed by atoms with Crippen molar-refractivity contribution in [3.05, 3.63) is 60.2 Å². The first kappa shape index (κ1) is 10.7. The lowest BCUT2D eigenvalue weighted by molar-refractivity contribution is 0.0952. The maximum Gasteiger partial charge on any atom is 0.253 e. The number of carbonyl (C=O) groups is 1. The number of hydrogen-bond acceptors (Lipinski definition) is 2. The molecule has 0 spiro atoms. The van der Waals surface area contributed by atoms with Crippen LogP contribution in [0.25, 0.3) is 10.9 Å². The third-order valence-electron chi connectivity index (χ3n) is 2.87. The Labute approximate surface area is 104 Å². The molecule has 0 aliphatic rings. The van der Waals surface area contributed by atoms with Crippen LogP contribution in [0.1, 0.15) is 15.9 Å². The number of fused-ring (bicyclic) bond motifs is 1. The fourth-order valence-electron chi connectivity index (χ4n) is 1.94. The van der Waals surface area contributed by atoms with E-state index in [0.29, 0.717) is 12.1 Å². The van der Waals surface area contributed by atoms with Gasteiger partial charge in [-0.05, 0) is 18.2 Å². The second kappa shape index (κ2) is 4.41. The molecule has 1 aromatic carbocycles. The minimum atomic E-state index is -0.0933. The molecule has 2 N–H and O–H groups in total. The highest BCUT2D eigenvalue weighted by Crippen LogP contribution is 2.16. The van der Waals surface area contributed by atoms with E-state index in [9.17, 15) is 4.79 Å². The van der Waals surface area contributed by atoms with Crippen LogP contribution in [0, 0.1) is 0 Å². The lowest BCUT2D eigenvalue weighted by atomic mass is 10.1. The Morgan fingerprint density at radius 3 is 3.06 bits per heavy atom. The van der Waals surface area contributed by atoms with Gasteiger partial charge in [0, 0.05) is 23.7 Å². The Balaban J connectivity index is 1.81. The van der Waals surface area contributed by atoms with Gasteiger partial charge in [-0.1, -0.05) is 12.1 Å². The van der Waals surface area contributed by atoms with Gasteiger partial charge in [-0.3, -0.25) is 4.79 Å². The third kappa shape index (κ3) is 1.88. The van der Waals surface area contributed by atoms with E-state index in [2.05, 4.69) is 10.3 Å². The number of H-pyrrole nitrogens is 1. The van der Waals surface area contributed by atoms with Crippen molar-refractivity contribution >= 4 is 16.8 Å². The largest absolute Gasteiger partial charge is 0.472 e. The Morgan fingerprint density at radius 1 is 1.28 bits per heavy atom. The average molecular weight is 240 g/mol. The van der Waals surface area contributed by atoms with Crippen LogP contribution < -0.4 is 5.32 Å². The lowest BCUT2D eigenvalue weighted by Crippen LogP contribution is -2.22. The van der Waals surface area contributed by atoms with Crippen LogP contribution in [-0.2, 0) is 6.54 Å². The van der Waals surface area contributed by atoms with Gasteiger partial charge >= 0.3 is 0 Å². The van der Waals surface area contributed by atoms with Gasteiger partial charge in [-0.15, -0.1) is 0 Å². The number of nitrogens with one attached hydrogen (secondary N) is 2. The summed E-state index contributed by atoms with van der Waals surface area (Å²) in [5.74, 6) is -0.0933. The number of aromatic amines is 1. The summed E-state index contributed by atoms with van der Waals surface area (Å²) in [6.45, 7) is 0.465. The summed E-state index contributed by atoms with van der Waals surface area (Å²) in [4.78, 5) is 15.2. The van der Waals surface area contributed by atoms with Crippen LogP contribution in [0.3, 0.4) is 0 Å². The molecule has 4 nitrogen and oxygen atoms in total. The molecule has 3 rings (SSSR count). The Bertz CT molecular complexity index is 668. The average Bonchev–Trinajstić information content (AvgIpc) is 3.05. The molecule has 2 heterocycles. The van der Waals surface area contributed by atoms with E-state index in [1.54, 1.807) is 12.5 Å². The zero-order valence-corrected chi connectivity index (χ0v) is 9.64. The van der Waals surface area contributed by atoms with Crippen molar-refractivity contribution in [2.45, 2.75) is 6.54 Å². The predicted octanol–water partition coefficient (Wildman–Crippen LogP) is 2.69. The van der Waals surface area contributed by atoms with Crippen LogP contribution in [0.5, 0.6) is 0 Å². The quantitative estimate of drug-likeness (QED) is 0.739. The van der Waals surface area contributed by atoms with Crippen molar-refractivity contribution in [2.24, 2.45) is 0 Å². The second-order valence-electron chi connectivity index (χ2n) is 4.06. The first-order chi connectivity index (χ1) is 8.84. The van der Waals surface area contributed by atoms with Crippen molar-refractivity contribution in [1.82, 2.24) is 10.3 Å². The van der Waals surface area contributed by atoms with Gasteiger partial charge in [0.05, 0.1) is 23.6 Å². The first-order valence-electron chi connectivity index (χ1n) is 5.70. The van der Waals surface area contributed by atoms with Gasteiger partial charge in [0.1, 0.15) is 0 Å². The maximum absolute atomic E-state index is 12.1. The summed E-state index contributed by atoms with van der Waals surface area (Å²) < 4.78 is 4.95. The molecular formula is C14H12N2O2. The number of aromatic nitrogens is 1. The van der Waals surface area contributed by atoms with Crippen LogP contribution >= 0.6 is 0 Å². The van der Waals surface area contributed by atoms with Crippen molar-refractivity contribution in [3.63, 3.8) is 0 Å². The van der Waals surface area contributed by atoms with E-state index < -0.39 is 0 Å². The number of furan rings is 1. The summed E-state index contributed by atoms with van der Waals surface area (Å²) in [6.07, 6.45) is 5.04. The summed E-state index contributed by atoms with van der Waals surface area (Å²) in [5.41, 5.74) is 2.46. The van der Waals surface area contributed by atoms with Crippen molar-refractivity contribution in [3.8, 4) is 0 Å². The fourth-order valence-corrected chi connectivity index (χ4v) is 1.94. The summed E-state index contributed by atoms with van der Waals surface area (Å²) in [7, 11) is 0. The van der Waals surface area contributed by atoms with Gasteiger partial charge < -0.3 is 14.7 Å². The zero-order chi connectivity index (χ0) is 12.4. The summed E-state index contributed by atoms with van der Waals surface area (Å²) >= 11 is 0. The van der Waals surface area contributed by atoms with E-state index in [0.717, 1.165) is 16.5 Å². The summed E-state index contributed by atoms with van der Waals surface area (Å²) in [6, 6.07) is 9.43. The Hall–Kier alpha value is -2.49. The molecule has 3 aromatic rings. The zero-order valence-electron chi connectivity index (χ0n) is 9.64. The van der Waals surface area contributed by atoms with E-state index in [1.165, 1.54) is 0 Å². The molecule has 0 fully saturated rings. The van der Waals surface area contributed by atoms with Crippen molar-refractivity contribution in [1.29, 1.82) is 0 Å². The number of hydrogen-bond donors (Lipinski definition) is 2. The maximum atomic E-state index is 12.1. The number of carbonyl (C=O) groups excluding carboxylic acids is 1. The highest BCUT2D eigenvalue weighted by molar-refractivity contribution is 6.05. The monoisotopic (exact) mass is 240 g/mol. The molecule has 0 radical (unpaired) electrons. The topological polar surface area (TPSA) is 58.0 Å². The number of amides is 1. The minimum Gasteiger partial charge on any atom is -0.472 e. The number of benzene rings is 1. The van der Waals surface area contributed by atoms with Crippen molar-refractivity contribution < 1.29 is 9.21 Å². The standard InChI is InChI=1S/C14H12N2O2/c17-14(16-8-10-5-7-18-9-10)12-3-1-2-11-4-6-15-13(11)12/h1-7,9,15H,8H2,(H,16,17). The number of para-hydroxylation sites is 1. The fraction of sp³-hybridized carbons (Fsp3) is 0.0714. The van der Waals surface area contributed by atoms with Gasteiger partial charge in [0.15, 0.2) is 0 Å². The van der Waals surface area contributed by atoms with E-state index in [-0.39, 0.29) is 5.91 Å². The molecule has 0 aliphatic carbocycles. The van der Waals surface area contributed by atoms with E-state index >= 15 is 0 Å². The molecule has 0 unspecified atom stereocenters. The molecule has 0 saturated heterocycles. The molecule has 18 heavy (non-hydrogen) atoms. The highest BCUT2D eigenvalue weighted by atomic mass is 16.3. The van der Waals surface area contributed by atoms with Crippen molar-refractivity contribution in [2.75, 3.05) is 0 Å². The van der Waals surface area contributed by atoms with Gasteiger partial charge in [0.2, 0.25) is 0 Å². The Morgan fingerprint density at radius 2 is 2.22 bits per heavy atom.